The minimum atomic E-state index is -1.52. The second kappa shape index (κ2) is 11.8. The molecule has 5 nitrogen and oxygen atoms in total. The third-order valence-corrected chi connectivity index (χ3v) is 11.0. The summed E-state index contributed by atoms with van der Waals surface area (Å²) in [6.45, 7) is 14.8. The van der Waals surface area contributed by atoms with Gasteiger partial charge in [-0.2, -0.15) is 0 Å². The molecule has 0 spiro atoms. The lowest BCUT2D eigenvalue weighted by atomic mass is 10.5. The minimum absolute atomic E-state index is 0.718. The number of hydrogen-bond donors (Lipinski definition) is 4. The normalized spacial score (nSPS) is 12.9. The van der Waals surface area contributed by atoms with E-state index in [9.17, 15) is 0 Å². The minimum Gasteiger partial charge on any atom is -0.455 e. The van der Waals surface area contributed by atoms with Gasteiger partial charge in [0, 0.05) is 26.2 Å². The lowest BCUT2D eigenvalue weighted by molar-refractivity contribution is 0.524. The summed E-state index contributed by atoms with van der Waals surface area (Å²) in [5, 5.41) is 6.72. The molecule has 0 aromatic carbocycles. The van der Waals surface area contributed by atoms with Crippen LogP contribution in [0.2, 0.25) is 38.3 Å². The molecule has 0 atom stereocenters. The third kappa shape index (κ3) is 13.6. The van der Waals surface area contributed by atoms with Gasteiger partial charge in [-0.1, -0.05) is 0 Å². The van der Waals surface area contributed by atoms with Crippen LogP contribution in [0.25, 0.3) is 0 Å². The van der Waals surface area contributed by atoms with Crippen LogP contribution in [0.1, 0.15) is 12.8 Å². The number of nitrogens with one attached hydrogen (secondary N) is 2. The monoisotopic (exact) mass is 334 g/mol. The zero-order chi connectivity index (χ0) is 16.2. The molecule has 0 amide bonds. The Morgan fingerprint density at radius 2 is 1.10 bits per heavy atom. The summed E-state index contributed by atoms with van der Waals surface area (Å²) in [5.74, 6) is 0. The molecule has 0 saturated carbocycles. The molecule has 7 heteroatoms. The fourth-order valence-electron chi connectivity index (χ4n) is 2.58. The average molecular weight is 335 g/mol. The van der Waals surface area contributed by atoms with E-state index in [4.69, 9.17) is 15.6 Å². The Morgan fingerprint density at radius 1 is 0.714 bits per heavy atom. The highest BCUT2D eigenvalue weighted by Gasteiger charge is 2.32. The predicted molar refractivity (Wildman–Crippen MR) is 98.7 cm³/mol. The van der Waals surface area contributed by atoms with E-state index in [1.807, 2.05) is 0 Å². The van der Waals surface area contributed by atoms with Crippen molar-refractivity contribution in [3.63, 3.8) is 0 Å². The van der Waals surface area contributed by atoms with E-state index in [1.54, 1.807) is 0 Å². The van der Waals surface area contributed by atoms with Crippen molar-refractivity contribution in [3.8, 4) is 0 Å². The Bertz CT molecular complexity index is 229. The molecular formula is C14H38N4OSi2. The molecule has 0 saturated heterocycles. The van der Waals surface area contributed by atoms with Crippen LogP contribution >= 0.6 is 0 Å². The standard InChI is InChI=1S/C14H38N4OSi2/c1-20(2,13-5-9-17-11-7-15)19-21(3,4)14-6-10-18-12-8-16/h17-18H,5-16H2,1-4H3. The average Bonchev–Trinajstić information content (AvgIpc) is 2.36. The van der Waals surface area contributed by atoms with Crippen molar-refractivity contribution in [2.75, 3.05) is 39.3 Å². The van der Waals surface area contributed by atoms with Crippen molar-refractivity contribution in [1.29, 1.82) is 0 Å². The van der Waals surface area contributed by atoms with Crippen LogP contribution in [0.4, 0.5) is 0 Å². The summed E-state index contributed by atoms with van der Waals surface area (Å²) in [6.07, 6.45) is 2.39. The Hall–Kier alpha value is 0.234. The second-order valence-corrected chi connectivity index (χ2v) is 15.8. The van der Waals surface area contributed by atoms with Gasteiger partial charge in [-0.25, -0.2) is 0 Å². The van der Waals surface area contributed by atoms with Crippen molar-refractivity contribution in [2.45, 2.75) is 51.1 Å². The Balaban J connectivity index is 3.87. The maximum absolute atomic E-state index is 6.61. The zero-order valence-electron chi connectivity index (χ0n) is 14.6. The smallest absolute Gasteiger partial charge is 0.173 e. The topological polar surface area (TPSA) is 85.3 Å². The van der Waals surface area contributed by atoms with E-state index < -0.39 is 16.6 Å². The van der Waals surface area contributed by atoms with Gasteiger partial charge in [-0.05, 0) is 64.2 Å². The van der Waals surface area contributed by atoms with Gasteiger partial charge in [0.25, 0.3) is 0 Å². The highest BCUT2D eigenvalue weighted by Crippen LogP contribution is 2.23. The predicted octanol–water partition coefficient (Wildman–Crippen LogP) is 1.29. The van der Waals surface area contributed by atoms with Crippen LogP contribution in [0.3, 0.4) is 0 Å². The first-order valence-corrected chi connectivity index (χ1v) is 14.6. The van der Waals surface area contributed by atoms with E-state index in [0.29, 0.717) is 0 Å². The number of nitrogens with two attached hydrogens (primary N) is 2. The maximum atomic E-state index is 6.61. The lowest BCUT2D eigenvalue weighted by Crippen LogP contribution is -2.44. The Labute approximate surface area is 133 Å². The Kier molecular flexibility index (Phi) is 11.9. The molecule has 0 aliphatic carbocycles. The fraction of sp³-hybridized carbons (Fsp3) is 1.00. The van der Waals surface area contributed by atoms with Crippen LogP contribution in [-0.2, 0) is 4.12 Å². The molecule has 0 aliphatic rings. The van der Waals surface area contributed by atoms with Crippen molar-refractivity contribution >= 4 is 16.6 Å². The molecular weight excluding hydrogens is 296 g/mol. The van der Waals surface area contributed by atoms with Crippen molar-refractivity contribution < 1.29 is 4.12 Å². The Morgan fingerprint density at radius 3 is 1.43 bits per heavy atom. The molecule has 0 rings (SSSR count). The van der Waals surface area contributed by atoms with Gasteiger partial charge in [0.1, 0.15) is 0 Å². The quantitative estimate of drug-likeness (QED) is 0.284. The second-order valence-electron chi connectivity index (χ2n) is 6.91. The summed E-state index contributed by atoms with van der Waals surface area (Å²) in [5.41, 5.74) is 10.9. The summed E-state index contributed by atoms with van der Waals surface area (Å²) in [7, 11) is -3.05. The largest absolute Gasteiger partial charge is 0.455 e. The lowest BCUT2D eigenvalue weighted by Gasteiger charge is -2.34. The van der Waals surface area contributed by atoms with Gasteiger partial charge in [0.05, 0.1) is 0 Å². The summed E-state index contributed by atoms with van der Waals surface area (Å²) in [6, 6.07) is 2.46. The molecule has 0 heterocycles. The highest BCUT2D eigenvalue weighted by atomic mass is 28.4. The van der Waals surface area contributed by atoms with Crippen molar-refractivity contribution in [2.24, 2.45) is 11.5 Å². The van der Waals surface area contributed by atoms with E-state index in [2.05, 4.69) is 36.8 Å². The molecule has 0 aliphatic heterocycles. The summed E-state index contributed by atoms with van der Waals surface area (Å²) < 4.78 is 6.61. The molecule has 0 aromatic heterocycles. The molecule has 0 fully saturated rings. The molecule has 128 valence electrons. The maximum Gasteiger partial charge on any atom is 0.173 e. The summed E-state index contributed by atoms with van der Waals surface area (Å²) >= 11 is 0. The van der Waals surface area contributed by atoms with Gasteiger partial charge in [-0.15, -0.1) is 0 Å². The molecule has 0 bridgehead atoms. The van der Waals surface area contributed by atoms with E-state index in [-0.39, 0.29) is 0 Å². The van der Waals surface area contributed by atoms with E-state index in [1.165, 1.54) is 24.9 Å². The highest BCUT2D eigenvalue weighted by molar-refractivity contribution is 6.84. The summed E-state index contributed by atoms with van der Waals surface area (Å²) in [4.78, 5) is 0. The van der Waals surface area contributed by atoms with Crippen LogP contribution in [0.15, 0.2) is 0 Å². The third-order valence-electron chi connectivity index (χ3n) is 3.46. The molecule has 6 N–H and O–H groups in total. The van der Waals surface area contributed by atoms with Gasteiger partial charge in [-0.3, -0.25) is 0 Å². The van der Waals surface area contributed by atoms with E-state index >= 15 is 0 Å². The van der Waals surface area contributed by atoms with E-state index in [0.717, 1.165) is 39.3 Å². The zero-order valence-corrected chi connectivity index (χ0v) is 16.6. The molecule has 0 radical (unpaired) electrons. The van der Waals surface area contributed by atoms with Gasteiger partial charge in [0.2, 0.25) is 0 Å². The van der Waals surface area contributed by atoms with Crippen molar-refractivity contribution in [1.82, 2.24) is 10.6 Å². The molecule has 21 heavy (non-hydrogen) atoms. The number of hydrogen-bond acceptors (Lipinski definition) is 5. The SMILES string of the molecule is C[Si](C)(CCCNCCN)O[Si](C)(C)CCCNCCN. The van der Waals surface area contributed by atoms with Crippen molar-refractivity contribution in [3.05, 3.63) is 0 Å². The fourth-order valence-corrected chi connectivity index (χ4v) is 11.4. The van der Waals surface area contributed by atoms with Gasteiger partial charge >= 0.3 is 0 Å². The van der Waals surface area contributed by atoms with Crippen LogP contribution in [-0.4, -0.2) is 55.9 Å². The number of rotatable bonds is 14. The van der Waals surface area contributed by atoms with Crippen LogP contribution in [0, 0.1) is 0 Å². The van der Waals surface area contributed by atoms with Gasteiger partial charge in [0.15, 0.2) is 16.6 Å². The van der Waals surface area contributed by atoms with Gasteiger partial charge < -0.3 is 26.2 Å². The first-order valence-electron chi connectivity index (χ1n) is 8.35. The van der Waals surface area contributed by atoms with Crippen LogP contribution in [0.5, 0.6) is 0 Å². The molecule has 0 aromatic rings. The first kappa shape index (κ1) is 21.2. The molecule has 0 unspecified atom stereocenters. The first-order chi connectivity index (χ1) is 9.83. The van der Waals surface area contributed by atoms with Crippen LogP contribution < -0.4 is 22.1 Å².